The summed E-state index contributed by atoms with van der Waals surface area (Å²) in [6.07, 6.45) is 1.22. The van der Waals surface area contributed by atoms with E-state index in [4.69, 9.17) is 18.0 Å². The van der Waals surface area contributed by atoms with Crippen LogP contribution in [0.2, 0.25) is 0 Å². The van der Waals surface area contributed by atoms with Crippen molar-refractivity contribution in [2.24, 2.45) is 5.73 Å². The van der Waals surface area contributed by atoms with Crippen molar-refractivity contribution in [1.82, 2.24) is 10.1 Å². The van der Waals surface area contributed by atoms with Gasteiger partial charge in [-0.3, -0.25) is 0 Å². The molecule has 0 spiro atoms. The minimum Gasteiger partial charge on any atom is -0.389 e. The summed E-state index contributed by atoms with van der Waals surface area (Å²) in [5.74, 6) is -0.00115. The maximum absolute atomic E-state index is 13.5. The fourth-order valence-corrected chi connectivity index (χ4v) is 1.57. The molecule has 0 aliphatic heterocycles. The van der Waals surface area contributed by atoms with Gasteiger partial charge in [-0.15, -0.1) is 0 Å². The van der Waals surface area contributed by atoms with Crippen LogP contribution >= 0.6 is 12.2 Å². The second-order valence-electron chi connectivity index (χ2n) is 3.23. The highest BCUT2D eigenvalue weighted by Gasteiger charge is 2.11. The molecule has 1 aromatic carbocycles. The Labute approximate surface area is 102 Å². The van der Waals surface area contributed by atoms with Gasteiger partial charge < -0.3 is 15.6 Å². The molecule has 7 heteroatoms. The number of thiocarbonyl (C=S) groups is 1. The fourth-order valence-electron chi connectivity index (χ4n) is 1.37. The molecule has 3 N–H and O–H groups in total. The Hall–Kier alpha value is -2.02. The summed E-state index contributed by atoms with van der Waals surface area (Å²) in [6, 6.07) is 4.54. The first-order valence-electron chi connectivity index (χ1n) is 4.76. The Morgan fingerprint density at radius 1 is 1.53 bits per heavy atom. The van der Waals surface area contributed by atoms with E-state index in [0.717, 1.165) is 0 Å². The van der Waals surface area contributed by atoms with Crippen LogP contribution in [0.3, 0.4) is 0 Å². The number of hydrogen-bond donors (Lipinski definition) is 2. The van der Waals surface area contributed by atoms with Crippen molar-refractivity contribution < 1.29 is 8.91 Å². The summed E-state index contributed by atoms with van der Waals surface area (Å²) in [7, 11) is 0. The van der Waals surface area contributed by atoms with Crippen LogP contribution in [0.25, 0.3) is 0 Å². The van der Waals surface area contributed by atoms with Crippen LogP contribution < -0.4 is 11.1 Å². The Balaban J connectivity index is 2.21. The summed E-state index contributed by atoms with van der Waals surface area (Å²) in [5.41, 5.74) is 6.15. The van der Waals surface area contributed by atoms with Crippen molar-refractivity contribution in [3.63, 3.8) is 0 Å². The van der Waals surface area contributed by atoms with E-state index in [-0.39, 0.29) is 10.6 Å². The quantitative estimate of drug-likeness (QED) is 0.802. The van der Waals surface area contributed by atoms with Crippen LogP contribution in [0.5, 0.6) is 0 Å². The number of aromatic nitrogens is 2. The molecule has 0 amide bonds. The lowest BCUT2D eigenvalue weighted by molar-refractivity contribution is 0.411. The predicted molar refractivity (Wildman–Crippen MR) is 63.9 cm³/mol. The van der Waals surface area contributed by atoms with Gasteiger partial charge in [0.15, 0.2) is 5.82 Å². The van der Waals surface area contributed by atoms with Gasteiger partial charge in [0.05, 0.1) is 12.1 Å². The van der Waals surface area contributed by atoms with Crippen molar-refractivity contribution in [3.8, 4) is 0 Å². The zero-order chi connectivity index (χ0) is 12.3. The molecule has 0 aliphatic carbocycles. The van der Waals surface area contributed by atoms with Gasteiger partial charge in [-0.25, -0.2) is 4.39 Å². The van der Waals surface area contributed by atoms with Crippen LogP contribution in [-0.4, -0.2) is 15.1 Å². The SMILES string of the molecule is NC(=S)c1c(F)cccc1NCc1ncon1. The maximum Gasteiger partial charge on any atom is 0.213 e. The number of anilines is 1. The van der Waals surface area contributed by atoms with Gasteiger partial charge in [-0.2, -0.15) is 4.98 Å². The molecule has 0 fully saturated rings. The second kappa shape index (κ2) is 4.88. The zero-order valence-corrected chi connectivity index (χ0v) is 9.50. The van der Waals surface area contributed by atoms with Crippen molar-refractivity contribution in [2.45, 2.75) is 6.54 Å². The van der Waals surface area contributed by atoms with Gasteiger partial charge in [-0.1, -0.05) is 23.4 Å². The highest BCUT2D eigenvalue weighted by Crippen LogP contribution is 2.19. The Bertz CT molecular complexity index is 529. The topological polar surface area (TPSA) is 77.0 Å². The molecule has 0 aliphatic rings. The Kier molecular flexibility index (Phi) is 3.29. The van der Waals surface area contributed by atoms with Crippen LogP contribution in [0.1, 0.15) is 11.4 Å². The van der Waals surface area contributed by atoms with E-state index in [1.165, 1.54) is 12.5 Å². The van der Waals surface area contributed by atoms with Gasteiger partial charge >= 0.3 is 0 Å². The van der Waals surface area contributed by atoms with E-state index in [2.05, 4.69) is 20.0 Å². The van der Waals surface area contributed by atoms with Crippen molar-refractivity contribution in [1.29, 1.82) is 0 Å². The number of benzene rings is 1. The second-order valence-corrected chi connectivity index (χ2v) is 3.67. The van der Waals surface area contributed by atoms with Crippen LogP contribution in [0.15, 0.2) is 29.1 Å². The monoisotopic (exact) mass is 252 g/mol. The third kappa shape index (κ3) is 2.56. The third-order valence-electron chi connectivity index (χ3n) is 2.10. The van der Waals surface area contributed by atoms with Gasteiger partial charge in [0.2, 0.25) is 6.39 Å². The van der Waals surface area contributed by atoms with E-state index in [0.29, 0.717) is 18.1 Å². The van der Waals surface area contributed by atoms with Crippen molar-refractivity contribution in [2.75, 3.05) is 5.32 Å². The van der Waals surface area contributed by atoms with Gasteiger partial charge in [0.25, 0.3) is 0 Å². The number of halogens is 1. The van der Waals surface area contributed by atoms with Gasteiger partial charge in [0, 0.05) is 5.69 Å². The fraction of sp³-hybridized carbons (Fsp3) is 0.100. The Morgan fingerprint density at radius 2 is 2.35 bits per heavy atom. The highest BCUT2D eigenvalue weighted by molar-refractivity contribution is 7.80. The molecule has 0 bridgehead atoms. The predicted octanol–water partition coefficient (Wildman–Crippen LogP) is 1.45. The van der Waals surface area contributed by atoms with Gasteiger partial charge in [0.1, 0.15) is 10.8 Å². The average Bonchev–Trinajstić information content (AvgIpc) is 2.78. The number of rotatable bonds is 4. The van der Waals surface area contributed by atoms with Crippen molar-refractivity contribution in [3.05, 3.63) is 41.8 Å². The molecule has 2 aromatic rings. The molecule has 17 heavy (non-hydrogen) atoms. The summed E-state index contributed by atoms with van der Waals surface area (Å²) < 4.78 is 18.1. The lowest BCUT2D eigenvalue weighted by Gasteiger charge is -2.10. The van der Waals surface area contributed by atoms with Crippen LogP contribution in [0, 0.1) is 5.82 Å². The molecule has 0 atom stereocenters. The first-order valence-corrected chi connectivity index (χ1v) is 5.16. The molecule has 1 heterocycles. The maximum atomic E-state index is 13.5. The molecular weight excluding hydrogens is 243 g/mol. The minimum absolute atomic E-state index is 0.00119. The number of nitrogens with zero attached hydrogens (tertiary/aromatic N) is 2. The summed E-state index contributed by atoms with van der Waals surface area (Å²) >= 11 is 4.80. The standard InChI is InChI=1S/C10H9FN4OS/c11-6-2-1-3-7(9(6)10(12)17)13-4-8-14-5-16-15-8/h1-3,5,13H,4H2,(H2,12,17). The highest BCUT2D eigenvalue weighted by atomic mass is 32.1. The lowest BCUT2D eigenvalue weighted by atomic mass is 10.1. The van der Waals surface area contributed by atoms with Crippen molar-refractivity contribution >= 4 is 22.9 Å². The molecule has 1 aromatic heterocycles. The summed E-state index contributed by atoms with van der Waals surface area (Å²) in [4.78, 5) is 3.83. The van der Waals surface area contributed by atoms with E-state index < -0.39 is 5.82 Å². The molecule has 88 valence electrons. The molecule has 0 radical (unpaired) electrons. The molecule has 5 nitrogen and oxygen atoms in total. The summed E-state index contributed by atoms with van der Waals surface area (Å²) in [6.45, 7) is 0.301. The lowest BCUT2D eigenvalue weighted by Crippen LogP contribution is -2.15. The van der Waals surface area contributed by atoms with Gasteiger partial charge in [-0.05, 0) is 12.1 Å². The van der Waals surface area contributed by atoms with Crippen LogP contribution in [-0.2, 0) is 6.54 Å². The smallest absolute Gasteiger partial charge is 0.213 e. The molecule has 0 unspecified atom stereocenters. The van der Waals surface area contributed by atoms with E-state index in [9.17, 15) is 4.39 Å². The normalized spacial score (nSPS) is 10.2. The summed E-state index contributed by atoms with van der Waals surface area (Å²) in [5, 5.41) is 6.57. The number of nitrogens with two attached hydrogens (primary N) is 1. The molecule has 2 rings (SSSR count). The largest absolute Gasteiger partial charge is 0.389 e. The first kappa shape index (κ1) is 11.5. The Morgan fingerprint density at radius 3 is 3.00 bits per heavy atom. The molecule has 0 saturated heterocycles. The van der Waals surface area contributed by atoms with E-state index in [1.807, 2.05) is 0 Å². The van der Waals surface area contributed by atoms with E-state index >= 15 is 0 Å². The molecule has 0 saturated carbocycles. The van der Waals surface area contributed by atoms with E-state index in [1.54, 1.807) is 12.1 Å². The third-order valence-corrected chi connectivity index (χ3v) is 2.31. The number of hydrogen-bond acceptors (Lipinski definition) is 5. The number of nitrogens with one attached hydrogen (secondary N) is 1. The van der Waals surface area contributed by atoms with Crippen LogP contribution in [0.4, 0.5) is 10.1 Å². The average molecular weight is 252 g/mol. The zero-order valence-electron chi connectivity index (χ0n) is 8.68. The first-order chi connectivity index (χ1) is 8.18. The molecular formula is C10H9FN4OS. The minimum atomic E-state index is -0.462.